The molecular weight excluding hydrogens is 1040 g/mol. The number of allylic oxidation sites excluding steroid dienone is 1. The Bertz CT molecular complexity index is 2590. The van der Waals surface area contributed by atoms with E-state index in [1.54, 1.807) is 17.4 Å². The van der Waals surface area contributed by atoms with Crippen molar-refractivity contribution in [1.82, 2.24) is 56.5 Å². The van der Waals surface area contributed by atoms with Crippen LogP contribution in [0.25, 0.3) is 32.5 Å². The number of aliphatic hydroxyl groups is 1. The lowest BCUT2D eigenvalue weighted by Crippen LogP contribution is -2.50. The number of morpholine rings is 1. The summed E-state index contributed by atoms with van der Waals surface area (Å²) >= 11 is 3.63. The van der Waals surface area contributed by atoms with E-state index in [0.29, 0.717) is 116 Å². The molecule has 0 aliphatic carbocycles. The maximum atomic E-state index is 12.6. The average Bonchev–Trinajstić information content (AvgIpc) is 4.39. The highest BCUT2D eigenvalue weighted by molar-refractivity contribution is 8.00. The van der Waals surface area contributed by atoms with E-state index >= 15 is 0 Å². The van der Waals surface area contributed by atoms with Crippen molar-refractivity contribution in [3.8, 4) is 11.4 Å². The molecule has 4 aliphatic heterocycles. The van der Waals surface area contributed by atoms with Crippen molar-refractivity contribution in [3.05, 3.63) is 47.5 Å². The van der Waals surface area contributed by atoms with Gasteiger partial charge < -0.3 is 55.5 Å². The quantitative estimate of drug-likeness (QED) is 0.0201. The number of urea groups is 1. The number of benzene rings is 1. The number of thioether (sulfide) groups is 1. The number of amides is 5. The molecule has 24 heteroatoms. The zero-order valence-electron chi connectivity index (χ0n) is 44.7. The van der Waals surface area contributed by atoms with Gasteiger partial charge in [-0.2, -0.15) is 16.9 Å². The lowest BCUT2D eigenvalue weighted by molar-refractivity contribution is -0.123. The number of fused-ring (bicyclic) bond motifs is 3. The SMILES string of the molecule is O=C(C=CCNC(=O)CCCC(=O)NCCCOCCOCCOCCCNC(=O)CCCCC1SCC2NC(=O)NC21)CCC(O)N1CCN(Cc2cc3nc(-c4cccc5[nH]ncc45)nc(N4CCOCC4)c3s2)CC1. The van der Waals surface area contributed by atoms with Crippen LogP contribution >= 0.6 is 23.1 Å². The highest BCUT2D eigenvalue weighted by Gasteiger charge is 2.42. The van der Waals surface area contributed by atoms with Gasteiger partial charge in [-0.25, -0.2) is 14.8 Å². The summed E-state index contributed by atoms with van der Waals surface area (Å²) in [6, 6.07) is 8.58. The summed E-state index contributed by atoms with van der Waals surface area (Å²) in [6.07, 6.45) is 10.2. The molecule has 4 fully saturated rings. The number of hydrogen-bond acceptors (Lipinski definition) is 18. The van der Waals surface area contributed by atoms with Gasteiger partial charge in [0.1, 0.15) is 6.23 Å². The van der Waals surface area contributed by atoms with Gasteiger partial charge in [-0.3, -0.25) is 34.1 Å². The molecular formula is C54H78N12O10S2. The summed E-state index contributed by atoms with van der Waals surface area (Å²) in [4.78, 5) is 78.9. The fraction of sp³-hybridized carbons (Fsp3) is 0.630. The van der Waals surface area contributed by atoms with Crippen molar-refractivity contribution in [2.75, 3.05) is 122 Å². The molecule has 0 spiro atoms. The number of piperazine rings is 1. The maximum absolute atomic E-state index is 12.6. The Hall–Kier alpha value is -5.31. The fourth-order valence-corrected chi connectivity index (χ4v) is 12.6. The Kier molecular flexibility index (Phi) is 23.7. The van der Waals surface area contributed by atoms with Crippen LogP contribution in [0.15, 0.2) is 42.6 Å². The first-order valence-electron chi connectivity index (χ1n) is 27.8. The van der Waals surface area contributed by atoms with Crippen LogP contribution in [0.1, 0.15) is 75.5 Å². The summed E-state index contributed by atoms with van der Waals surface area (Å²) in [7, 11) is 0. The Morgan fingerprint density at radius 3 is 2.27 bits per heavy atom. The summed E-state index contributed by atoms with van der Waals surface area (Å²) in [5, 5.41) is 34.2. The normalized spacial score (nSPS) is 19.3. The van der Waals surface area contributed by atoms with Gasteiger partial charge in [-0.15, -0.1) is 11.3 Å². The Labute approximate surface area is 464 Å². The number of carbonyl (C=O) groups is 5. The molecule has 22 nitrogen and oxygen atoms in total. The van der Waals surface area contributed by atoms with Crippen LogP contribution in [0, 0.1) is 0 Å². The minimum Gasteiger partial charge on any atom is -0.379 e. The molecule has 4 aliphatic rings. The second kappa shape index (κ2) is 31.5. The molecule has 7 N–H and O–H groups in total. The second-order valence-electron chi connectivity index (χ2n) is 20.0. The van der Waals surface area contributed by atoms with Crippen LogP contribution in [0.3, 0.4) is 0 Å². The van der Waals surface area contributed by atoms with E-state index < -0.39 is 6.23 Å². The number of aromatic amines is 1. The Morgan fingerprint density at radius 2 is 1.53 bits per heavy atom. The molecule has 3 aromatic heterocycles. The summed E-state index contributed by atoms with van der Waals surface area (Å²) in [6.45, 7) is 10.6. The van der Waals surface area contributed by atoms with Crippen molar-refractivity contribution in [2.45, 2.75) is 101 Å². The number of nitrogens with zero attached hydrogens (tertiary/aromatic N) is 6. The summed E-state index contributed by atoms with van der Waals surface area (Å²) < 4.78 is 23.4. The number of aliphatic hydroxyl groups excluding tert-OH is 1. The minimum absolute atomic E-state index is 0.0591. The summed E-state index contributed by atoms with van der Waals surface area (Å²) in [5.74, 6) is 2.19. The molecule has 7 heterocycles. The average molecular weight is 1120 g/mol. The zero-order chi connectivity index (χ0) is 54.3. The molecule has 1 aromatic carbocycles. The van der Waals surface area contributed by atoms with Crippen molar-refractivity contribution >= 4 is 79.6 Å². The number of thiophene rings is 1. The first kappa shape index (κ1) is 58.8. The number of rotatable bonds is 34. The molecule has 8 rings (SSSR count). The molecule has 0 saturated carbocycles. The Balaban J connectivity index is 0.581. The van der Waals surface area contributed by atoms with Gasteiger partial charge in [-0.05, 0) is 56.7 Å². The van der Waals surface area contributed by atoms with E-state index in [1.165, 1.54) is 11.0 Å². The molecule has 4 unspecified atom stereocenters. The monoisotopic (exact) mass is 1120 g/mol. The predicted molar refractivity (Wildman–Crippen MR) is 300 cm³/mol. The Morgan fingerprint density at radius 1 is 0.821 bits per heavy atom. The first-order chi connectivity index (χ1) is 38.2. The van der Waals surface area contributed by atoms with E-state index in [2.05, 4.69) is 52.6 Å². The topological polar surface area (TPSA) is 267 Å². The van der Waals surface area contributed by atoms with Crippen LogP contribution in [-0.2, 0) is 44.7 Å². The number of ketones is 1. The van der Waals surface area contributed by atoms with Crippen LogP contribution in [0.4, 0.5) is 10.6 Å². The standard InChI is InChI=1S/C54H78N12O10S2/c67-38(15-16-49(71)65-22-20-64(21-23-65)36-39-34-43-51(78-39)53(66-24-28-75-29-25-66)62-52(59-43)40-9-3-10-42-41(40)35-58-63-42)8-5-17-55-47(69)13-4-14-48(70)57-19-7-27-74-31-33-76-32-30-73-26-6-18-56-46(68)12-2-1-11-45-50-44(37-77-45)60-54(72)61-50/h3,5,8-10,34-35,44-45,49-50,71H,1-2,4,6-7,11-33,36-37H2,(H,55,69)(H,56,68)(H,57,70)(H,58,63)(H2,60,61,72). The van der Waals surface area contributed by atoms with E-state index in [-0.39, 0.29) is 67.4 Å². The second-order valence-corrected chi connectivity index (χ2v) is 22.4. The zero-order valence-corrected chi connectivity index (χ0v) is 46.3. The number of anilines is 1. The van der Waals surface area contributed by atoms with Gasteiger partial charge in [0.2, 0.25) is 17.7 Å². The smallest absolute Gasteiger partial charge is 0.315 e. The van der Waals surface area contributed by atoms with E-state index in [1.807, 2.05) is 41.1 Å². The van der Waals surface area contributed by atoms with Gasteiger partial charge in [0.05, 0.1) is 73.7 Å². The molecule has 4 atom stereocenters. The number of nitrogens with one attached hydrogen (secondary N) is 6. The van der Waals surface area contributed by atoms with E-state index in [4.69, 9.17) is 28.9 Å². The fourth-order valence-electron chi connectivity index (χ4n) is 9.95. The van der Waals surface area contributed by atoms with Gasteiger partial charge >= 0.3 is 6.03 Å². The largest absolute Gasteiger partial charge is 0.379 e. The van der Waals surface area contributed by atoms with Crippen LogP contribution in [-0.4, -0.2) is 206 Å². The van der Waals surface area contributed by atoms with Crippen molar-refractivity contribution in [3.63, 3.8) is 0 Å². The molecule has 4 saturated heterocycles. The number of carbonyl (C=O) groups excluding carboxylic acids is 5. The third-order valence-electron chi connectivity index (χ3n) is 14.2. The highest BCUT2D eigenvalue weighted by atomic mass is 32.2. The van der Waals surface area contributed by atoms with Crippen molar-refractivity contribution in [2.24, 2.45) is 0 Å². The third-order valence-corrected chi connectivity index (χ3v) is 16.8. The number of aromatic nitrogens is 4. The van der Waals surface area contributed by atoms with Crippen molar-refractivity contribution in [1.29, 1.82) is 0 Å². The number of hydrogen-bond donors (Lipinski definition) is 7. The maximum Gasteiger partial charge on any atom is 0.315 e. The molecule has 0 bridgehead atoms. The minimum atomic E-state index is -0.723. The van der Waals surface area contributed by atoms with Gasteiger partial charge in [0, 0.05) is 131 Å². The first-order valence-corrected chi connectivity index (χ1v) is 29.6. The molecule has 5 amide bonds. The molecule has 426 valence electrons. The van der Waals surface area contributed by atoms with E-state index in [9.17, 15) is 29.1 Å². The van der Waals surface area contributed by atoms with Crippen LogP contribution < -0.4 is 31.5 Å². The lowest BCUT2D eigenvalue weighted by Gasteiger charge is -2.37. The van der Waals surface area contributed by atoms with Crippen molar-refractivity contribution < 1.29 is 48.0 Å². The number of unbranched alkanes of at least 4 members (excludes halogenated alkanes) is 1. The summed E-state index contributed by atoms with van der Waals surface area (Å²) in [5.41, 5.74) is 2.80. The highest BCUT2D eigenvalue weighted by Crippen LogP contribution is 2.37. The predicted octanol–water partition coefficient (Wildman–Crippen LogP) is 3.49. The number of ether oxygens (including phenoxy) is 4. The lowest BCUT2D eigenvalue weighted by atomic mass is 10.0. The van der Waals surface area contributed by atoms with Crippen LogP contribution in [0.2, 0.25) is 0 Å². The van der Waals surface area contributed by atoms with Gasteiger partial charge in [0.15, 0.2) is 17.4 Å². The van der Waals surface area contributed by atoms with Gasteiger partial charge in [-0.1, -0.05) is 24.6 Å². The molecule has 0 radical (unpaired) electrons. The number of H-pyrrole nitrogens is 1. The molecule has 4 aromatic rings. The van der Waals surface area contributed by atoms with Gasteiger partial charge in [0.25, 0.3) is 0 Å². The third kappa shape index (κ3) is 18.4. The van der Waals surface area contributed by atoms with E-state index in [0.717, 1.165) is 96.7 Å². The van der Waals surface area contributed by atoms with Crippen LogP contribution in [0.5, 0.6) is 0 Å². The molecule has 78 heavy (non-hydrogen) atoms.